The van der Waals surface area contributed by atoms with E-state index in [4.69, 9.17) is 0 Å². The highest BCUT2D eigenvalue weighted by Crippen LogP contribution is 2.25. The lowest BCUT2D eigenvalue weighted by atomic mass is 10.1. The summed E-state index contributed by atoms with van der Waals surface area (Å²) < 4.78 is 29.5. The molecule has 0 heterocycles. The van der Waals surface area contributed by atoms with Crippen LogP contribution in [0.3, 0.4) is 0 Å². The second-order valence-electron chi connectivity index (χ2n) is 9.31. The second kappa shape index (κ2) is 13.1. The molecular weight excluding hydrogens is 566 g/mol. The topological polar surface area (TPSA) is 86.8 Å². The molecule has 0 aliphatic rings. The van der Waals surface area contributed by atoms with E-state index >= 15 is 0 Å². The number of halogens is 1. The third-order valence-corrected chi connectivity index (χ3v) is 8.65. The molecule has 202 valence electrons. The molecule has 0 aliphatic heterocycles. The summed E-state index contributed by atoms with van der Waals surface area (Å²) in [5.74, 6) is -0.779. The molecule has 0 fully saturated rings. The number of benzene rings is 3. The van der Waals surface area contributed by atoms with Crippen LogP contribution < -0.4 is 9.62 Å². The van der Waals surface area contributed by atoms with Crippen molar-refractivity contribution in [1.82, 2.24) is 10.2 Å². The molecule has 7 nitrogen and oxygen atoms in total. The zero-order valence-corrected chi connectivity index (χ0v) is 24.5. The third-order valence-electron chi connectivity index (χ3n) is 6.33. The van der Waals surface area contributed by atoms with Gasteiger partial charge in [0.05, 0.1) is 10.6 Å². The summed E-state index contributed by atoms with van der Waals surface area (Å²) in [6, 6.07) is 21.6. The fraction of sp³-hybridized carbons (Fsp3) is 0.310. The molecular formula is C29H34BrN3O4S. The van der Waals surface area contributed by atoms with Gasteiger partial charge in [-0.1, -0.05) is 65.3 Å². The van der Waals surface area contributed by atoms with Crippen LogP contribution in [0.5, 0.6) is 0 Å². The number of sulfonamides is 1. The number of carbonyl (C=O) groups excluding carboxylic acids is 2. The predicted molar refractivity (Wildman–Crippen MR) is 154 cm³/mol. The molecule has 38 heavy (non-hydrogen) atoms. The van der Waals surface area contributed by atoms with Gasteiger partial charge in [-0.15, -0.1) is 0 Å². The van der Waals surface area contributed by atoms with Crippen LogP contribution in [0.4, 0.5) is 5.69 Å². The molecule has 9 heteroatoms. The van der Waals surface area contributed by atoms with Gasteiger partial charge in [-0.2, -0.15) is 0 Å². The minimum atomic E-state index is -4.07. The Morgan fingerprint density at radius 2 is 1.61 bits per heavy atom. The molecule has 0 unspecified atom stereocenters. The monoisotopic (exact) mass is 599 g/mol. The van der Waals surface area contributed by atoms with Crippen molar-refractivity contribution in [3.63, 3.8) is 0 Å². The second-order valence-corrected chi connectivity index (χ2v) is 12.1. The summed E-state index contributed by atoms with van der Waals surface area (Å²) >= 11 is 3.42. The van der Waals surface area contributed by atoms with Gasteiger partial charge in [0.25, 0.3) is 10.0 Å². The zero-order chi connectivity index (χ0) is 27.9. The molecule has 0 aromatic heterocycles. The summed E-state index contributed by atoms with van der Waals surface area (Å²) in [6.45, 7) is 7.08. The van der Waals surface area contributed by atoms with Crippen LogP contribution in [-0.2, 0) is 26.2 Å². The van der Waals surface area contributed by atoms with Crippen LogP contribution in [0.15, 0.2) is 88.2 Å². The lowest BCUT2D eigenvalue weighted by Crippen LogP contribution is -2.52. The van der Waals surface area contributed by atoms with Gasteiger partial charge in [0.2, 0.25) is 11.8 Å². The minimum absolute atomic E-state index is 0.0585. The van der Waals surface area contributed by atoms with E-state index in [1.165, 1.54) is 17.0 Å². The van der Waals surface area contributed by atoms with Gasteiger partial charge in [-0.05, 0) is 74.7 Å². The first-order valence-corrected chi connectivity index (χ1v) is 14.7. The fourth-order valence-electron chi connectivity index (χ4n) is 3.87. The van der Waals surface area contributed by atoms with Crippen molar-refractivity contribution >= 4 is 43.5 Å². The Morgan fingerprint density at radius 1 is 0.947 bits per heavy atom. The number of hydrogen-bond acceptors (Lipinski definition) is 4. The van der Waals surface area contributed by atoms with E-state index in [0.717, 1.165) is 26.3 Å². The van der Waals surface area contributed by atoms with Gasteiger partial charge >= 0.3 is 0 Å². The Morgan fingerprint density at radius 3 is 2.21 bits per heavy atom. The maximum Gasteiger partial charge on any atom is 0.264 e. The molecule has 0 aliphatic carbocycles. The van der Waals surface area contributed by atoms with E-state index < -0.39 is 28.5 Å². The molecule has 3 aromatic carbocycles. The average Bonchev–Trinajstić information content (AvgIpc) is 2.91. The summed E-state index contributed by atoms with van der Waals surface area (Å²) in [5.41, 5.74) is 2.05. The van der Waals surface area contributed by atoms with Crippen molar-refractivity contribution in [3.8, 4) is 0 Å². The number of aryl methyl sites for hydroxylation is 1. The number of rotatable bonds is 11. The SMILES string of the molecule is CC[C@@H](C)NC(=O)[C@@H](C)N(Cc1ccc(Br)cc1)C(=O)CN(c1cccc(C)c1)S(=O)(=O)c1ccccc1. The summed E-state index contributed by atoms with van der Waals surface area (Å²) in [4.78, 5) is 28.5. The van der Waals surface area contributed by atoms with Crippen LogP contribution in [0.2, 0.25) is 0 Å². The van der Waals surface area contributed by atoms with Gasteiger partial charge in [0.15, 0.2) is 0 Å². The standard InChI is InChI=1S/C29H34BrN3O4S/c1-5-22(3)31-29(35)23(4)32(19-24-14-16-25(30)17-15-24)28(34)20-33(26-11-9-10-21(2)18-26)38(36,37)27-12-7-6-8-13-27/h6-18,22-23H,5,19-20H2,1-4H3,(H,31,35)/t22-,23-/m1/s1. The highest BCUT2D eigenvalue weighted by Gasteiger charge is 2.32. The van der Waals surface area contributed by atoms with Crippen molar-refractivity contribution in [3.05, 3.63) is 94.5 Å². The Labute approximate surface area is 234 Å². The Hall–Kier alpha value is -3.17. The van der Waals surface area contributed by atoms with Gasteiger partial charge in [0.1, 0.15) is 12.6 Å². The molecule has 0 saturated carbocycles. The molecule has 3 aromatic rings. The van der Waals surface area contributed by atoms with Crippen LogP contribution >= 0.6 is 15.9 Å². The van der Waals surface area contributed by atoms with Crippen LogP contribution in [0.25, 0.3) is 0 Å². The van der Waals surface area contributed by atoms with E-state index in [9.17, 15) is 18.0 Å². The van der Waals surface area contributed by atoms with Gasteiger partial charge in [-0.3, -0.25) is 13.9 Å². The van der Waals surface area contributed by atoms with Crippen molar-refractivity contribution in [2.24, 2.45) is 0 Å². The normalized spacial score (nSPS) is 12.9. The van der Waals surface area contributed by atoms with Gasteiger partial charge in [0, 0.05) is 17.1 Å². The Bertz CT molecular complexity index is 1350. The largest absolute Gasteiger partial charge is 0.352 e. The average molecular weight is 601 g/mol. The fourth-order valence-corrected chi connectivity index (χ4v) is 5.56. The van der Waals surface area contributed by atoms with Crippen molar-refractivity contribution in [1.29, 1.82) is 0 Å². The lowest BCUT2D eigenvalue weighted by Gasteiger charge is -2.32. The van der Waals surface area contributed by atoms with E-state index in [0.29, 0.717) is 5.69 Å². The van der Waals surface area contributed by atoms with Crippen molar-refractivity contribution < 1.29 is 18.0 Å². The highest BCUT2D eigenvalue weighted by atomic mass is 79.9. The predicted octanol–water partition coefficient (Wildman–Crippen LogP) is 5.28. The Kier molecular flexibility index (Phi) is 10.1. The maximum absolute atomic E-state index is 13.9. The third kappa shape index (κ3) is 7.45. The van der Waals surface area contributed by atoms with Gasteiger partial charge in [-0.25, -0.2) is 8.42 Å². The summed E-state index contributed by atoms with van der Waals surface area (Å²) in [7, 11) is -4.07. The summed E-state index contributed by atoms with van der Waals surface area (Å²) in [5, 5.41) is 2.94. The number of amides is 2. The Balaban J connectivity index is 2.01. The van der Waals surface area contributed by atoms with E-state index in [1.807, 2.05) is 51.1 Å². The zero-order valence-electron chi connectivity index (χ0n) is 22.1. The van der Waals surface area contributed by atoms with Crippen molar-refractivity contribution in [2.75, 3.05) is 10.8 Å². The number of nitrogens with one attached hydrogen (secondary N) is 1. The molecule has 0 radical (unpaired) electrons. The summed E-state index contributed by atoms with van der Waals surface area (Å²) in [6.07, 6.45) is 0.746. The maximum atomic E-state index is 13.9. The number of nitrogens with zero attached hydrogens (tertiary/aromatic N) is 2. The lowest BCUT2D eigenvalue weighted by molar-refractivity contribution is -0.139. The first kappa shape index (κ1) is 29.4. The molecule has 0 bridgehead atoms. The van der Waals surface area contributed by atoms with Crippen LogP contribution in [-0.4, -0.2) is 43.8 Å². The molecule has 0 spiro atoms. The van der Waals surface area contributed by atoms with E-state index in [1.54, 1.807) is 43.3 Å². The quantitative estimate of drug-likeness (QED) is 0.324. The first-order chi connectivity index (χ1) is 18.0. The van der Waals surface area contributed by atoms with Gasteiger partial charge < -0.3 is 10.2 Å². The molecule has 3 rings (SSSR count). The number of hydrogen-bond donors (Lipinski definition) is 1. The first-order valence-electron chi connectivity index (χ1n) is 12.5. The molecule has 1 N–H and O–H groups in total. The highest BCUT2D eigenvalue weighted by molar-refractivity contribution is 9.10. The minimum Gasteiger partial charge on any atom is -0.352 e. The smallest absolute Gasteiger partial charge is 0.264 e. The van der Waals surface area contributed by atoms with E-state index in [2.05, 4.69) is 21.2 Å². The van der Waals surface area contributed by atoms with Crippen molar-refractivity contribution in [2.45, 2.75) is 57.6 Å². The van der Waals surface area contributed by atoms with Crippen LogP contribution in [0.1, 0.15) is 38.3 Å². The van der Waals surface area contributed by atoms with E-state index in [-0.39, 0.29) is 23.4 Å². The number of carbonyl (C=O) groups is 2. The molecule has 2 amide bonds. The van der Waals surface area contributed by atoms with Crippen LogP contribution in [0, 0.1) is 6.92 Å². The molecule has 0 saturated heterocycles. The number of anilines is 1. The molecule has 2 atom stereocenters.